The van der Waals surface area contributed by atoms with Gasteiger partial charge in [0.1, 0.15) is 83.4 Å². The van der Waals surface area contributed by atoms with Crippen molar-refractivity contribution in [2.75, 3.05) is 91.8 Å². The maximum Gasteiger partial charge on any atom is 0.416 e. The highest BCUT2D eigenvalue weighted by atomic mass is 35.5. The van der Waals surface area contributed by atoms with Gasteiger partial charge in [-0.25, -0.2) is 19.2 Å². The van der Waals surface area contributed by atoms with Crippen molar-refractivity contribution < 1.29 is 71.0 Å². The molecule has 1 fully saturated rings. The zero-order valence-corrected chi connectivity index (χ0v) is 84.9. The average molecular weight is 2090 g/mol. The van der Waals surface area contributed by atoms with Gasteiger partial charge in [-0.15, -0.1) is 0 Å². The number of para-hydroxylation sites is 1. The fourth-order valence-corrected chi connectivity index (χ4v) is 20.6. The summed E-state index contributed by atoms with van der Waals surface area (Å²) in [6, 6.07) is 85.6. The van der Waals surface area contributed by atoms with Crippen molar-refractivity contribution in [1.82, 2.24) is 44.4 Å². The van der Waals surface area contributed by atoms with Gasteiger partial charge in [-0.1, -0.05) is 155 Å². The van der Waals surface area contributed by atoms with Crippen LogP contribution < -0.4 is 43.2 Å². The first-order valence-electron chi connectivity index (χ1n) is 48.5. The van der Waals surface area contributed by atoms with E-state index in [9.17, 15) is 24.0 Å². The topological polar surface area (TPSA) is 273 Å². The fourth-order valence-electron chi connectivity index (χ4n) is 19.6. The van der Waals surface area contributed by atoms with E-state index in [1.54, 1.807) is 149 Å². The summed E-state index contributed by atoms with van der Waals surface area (Å²) >= 11 is 37.2. The SMILES string of the molecule is C=CCOc1ccc(C2c3[nH]c4ccc(Cl)cc4c3CCN2C(=O)Oc2ccc(OC)cc2)cc1.COCCOc1ccc(C2c3[nH]c4ccc(Cl)cc4c3CCN2C(=O)Oc2ccccc2)cc1.O=C(Nc1ccc(C2c3[nH]c4ccc(Cl)cc4c3CCN2C(=O)Oc2ccc(Cl)cc2)cc1)c1ccco1.O=C(Oc1ccc(Cl)cc1)N1CCc2c([nH]c3ccc(Cl)cc23)C1c1ccc(OCCCN2CCCCC2)cc1. The quantitative estimate of drug-likeness (QED) is 0.0294. The number of furan rings is 1. The van der Waals surface area contributed by atoms with Crippen molar-refractivity contribution in [3.8, 4) is 46.0 Å². The van der Waals surface area contributed by atoms with E-state index in [2.05, 4.69) is 36.7 Å². The second-order valence-electron chi connectivity index (χ2n) is 35.9. The van der Waals surface area contributed by atoms with Crippen LogP contribution >= 0.6 is 69.6 Å². The molecule has 0 saturated carbocycles. The monoisotopic (exact) mass is 2090 g/mol. The Labute approximate surface area is 878 Å². The minimum absolute atomic E-state index is 0.221. The van der Waals surface area contributed by atoms with E-state index in [0.29, 0.717) is 143 Å². The number of likely N-dealkylation sites (tertiary alicyclic amines) is 1. The van der Waals surface area contributed by atoms with Crippen molar-refractivity contribution in [3.05, 3.63) is 407 Å². The van der Waals surface area contributed by atoms with E-state index in [-0.39, 0.29) is 35.9 Å². The Morgan fingerprint density at radius 2 is 0.694 bits per heavy atom. The number of H-pyrrole nitrogens is 4. The first kappa shape index (κ1) is 101. The van der Waals surface area contributed by atoms with Gasteiger partial charge in [-0.2, -0.15) is 0 Å². The number of rotatable bonds is 23. The van der Waals surface area contributed by atoms with Crippen LogP contribution in [0, 0.1) is 0 Å². The van der Waals surface area contributed by atoms with E-state index in [1.807, 2.05) is 176 Å². The number of anilines is 1. The number of ether oxygens (including phenoxy) is 9. The molecule has 17 aromatic rings. The lowest BCUT2D eigenvalue weighted by Crippen LogP contribution is -2.42. The Kier molecular flexibility index (Phi) is 32.1. The molecule has 4 unspecified atom stereocenters. The van der Waals surface area contributed by atoms with Gasteiger partial charge in [0.2, 0.25) is 0 Å². The van der Waals surface area contributed by atoms with Crippen molar-refractivity contribution >= 4 is 149 Å². The number of fused-ring (bicyclic) bond motifs is 12. The molecule has 4 atom stereocenters. The molecule has 5 aromatic heterocycles. The van der Waals surface area contributed by atoms with Crippen LogP contribution in [0.1, 0.15) is 128 Å². The highest BCUT2D eigenvalue weighted by molar-refractivity contribution is 6.33. The van der Waals surface area contributed by atoms with E-state index >= 15 is 0 Å². The van der Waals surface area contributed by atoms with Gasteiger partial charge in [0.25, 0.3) is 5.91 Å². The summed E-state index contributed by atoms with van der Waals surface area (Å²) in [6.45, 7) is 11.3. The molecule has 10 heterocycles. The molecule has 147 heavy (non-hydrogen) atoms. The first-order chi connectivity index (χ1) is 71.7. The summed E-state index contributed by atoms with van der Waals surface area (Å²) in [5.74, 6) is 4.72. The molecule has 12 aromatic carbocycles. The molecule has 1 saturated heterocycles. The Morgan fingerprint density at radius 1 is 0.361 bits per heavy atom. The molecule has 31 heteroatoms. The molecule has 0 spiro atoms. The summed E-state index contributed by atoms with van der Waals surface area (Å²) in [5.41, 5.74) is 16.7. The molecule has 5 aliphatic heterocycles. The van der Waals surface area contributed by atoms with Crippen LogP contribution in [0.15, 0.2) is 308 Å². The third-order valence-electron chi connectivity index (χ3n) is 26.6. The van der Waals surface area contributed by atoms with Crippen LogP contribution in [-0.2, 0) is 30.4 Å². The molecule has 5 aliphatic rings. The van der Waals surface area contributed by atoms with Crippen molar-refractivity contribution in [2.24, 2.45) is 0 Å². The number of nitrogens with one attached hydrogen (secondary N) is 5. The smallest absolute Gasteiger partial charge is 0.416 e. The molecule has 25 nitrogen and oxygen atoms in total. The number of piperidine rings is 1. The maximum atomic E-state index is 13.5. The number of carbonyl (C=O) groups is 5. The maximum absolute atomic E-state index is 13.5. The molecule has 0 radical (unpaired) electrons. The standard InChI is InChI=1S/C32H33Cl2N3O3.C29H21Cl2N3O4.C28H25ClN2O4.C27H25ClN2O4/c33-23-7-12-26(13-8-23)40-32(38)37-19-15-27-28-21-24(34)9-14-29(28)35-30(27)31(37)22-5-10-25(11-6-22)39-20-4-18-36-16-2-1-3-17-36;30-18-5-10-21(11-6-18)38-29(36)34-14-13-22-23-16-19(31)7-12-24(23)33-26(22)27(34)17-3-8-20(9-4-17)32-28(35)25-2-1-15-37-25;1-3-16-34-21-7-4-18(5-8-21)27-26-23(24-17-19(29)6-13-25(24)30-26)14-15-31(27)28(32)35-22-11-9-20(33-2)10-12-22;1-32-15-16-33-20-10-7-18(8-11-20)26-25-22(23-17-19(28)9-12-24(23)29-25)13-14-30(26)27(31)34-21-5-3-2-4-6-21/h5-14,21,31,35H,1-4,15-20H2;1-12,15-16,27,33H,13-14H2,(H,32,35);3-13,17,27,30H,1,14-16H2,2H3;2-12,17,26,29H,13-16H2,1H3. The Bertz CT molecular complexity index is 7510. The van der Waals surface area contributed by atoms with Crippen molar-refractivity contribution in [1.29, 1.82) is 0 Å². The van der Waals surface area contributed by atoms with Crippen molar-refractivity contribution in [3.63, 3.8) is 0 Å². The van der Waals surface area contributed by atoms with Crippen LogP contribution in [0.3, 0.4) is 0 Å². The highest BCUT2D eigenvalue weighted by Crippen LogP contribution is 2.47. The lowest BCUT2D eigenvalue weighted by Gasteiger charge is -2.35. The number of nitrogens with zero attached hydrogens (tertiary/aromatic N) is 5. The number of halogens is 6. The summed E-state index contributed by atoms with van der Waals surface area (Å²) in [6.07, 6.45) is 9.14. The van der Waals surface area contributed by atoms with Crippen LogP contribution in [-0.4, -0.2) is 161 Å². The third kappa shape index (κ3) is 23.7. The zero-order chi connectivity index (χ0) is 102. The number of aromatic nitrogens is 4. The fraction of sp³-hybridized carbons (Fsp3) is 0.216. The normalized spacial score (nSPS) is 15.7. The summed E-state index contributed by atoms with van der Waals surface area (Å²) < 4.78 is 55.8. The second-order valence-corrected chi connectivity index (χ2v) is 38.5. The van der Waals surface area contributed by atoms with Crippen LogP contribution in [0.5, 0.6) is 46.0 Å². The van der Waals surface area contributed by atoms with E-state index in [0.717, 1.165) is 130 Å². The molecule has 5 N–H and O–H groups in total. The lowest BCUT2D eigenvalue weighted by molar-refractivity contribution is 0.0996. The van der Waals surface area contributed by atoms with Gasteiger partial charge < -0.3 is 77.2 Å². The number of benzene rings is 12. The molecule has 22 rings (SSSR count). The molecule has 5 amide bonds. The molecule has 750 valence electrons. The Morgan fingerprint density at radius 3 is 1.05 bits per heavy atom. The Hall–Kier alpha value is -14.8. The lowest BCUT2D eigenvalue weighted by atomic mass is 9.92. The number of methoxy groups -OCH3 is 2. The average Bonchev–Trinajstić information content (AvgIpc) is 1.62. The van der Waals surface area contributed by atoms with E-state index in [1.165, 1.54) is 49.7 Å². The third-order valence-corrected chi connectivity index (χ3v) is 28.1. The van der Waals surface area contributed by atoms with Gasteiger partial charge in [-0.05, 0) is 321 Å². The van der Waals surface area contributed by atoms with Crippen LogP contribution in [0.2, 0.25) is 30.1 Å². The molecular weight excluding hydrogens is 1990 g/mol. The zero-order valence-electron chi connectivity index (χ0n) is 80.4. The molecular formula is C116H104Cl6N10O15. The van der Waals surface area contributed by atoms with Gasteiger partial charge in [0.05, 0.1) is 26.6 Å². The Balaban J connectivity index is 0.000000124. The number of aromatic amines is 4. The van der Waals surface area contributed by atoms with Crippen molar-refractivity contribution in [2.45, 2.75) is 75.5 Å². The van der Waals surface area contributed by atoms with Crippen LogP contribution in [0.4, 0.5) is 24.9 Å². The highest BCUT2D eigenvalue weighted by Gasteiger charge is 2.42. The number of hydrogen-bond acceptors (Lipinski definition) is 16. The number of carbonyl (C=O) groups excluding carboxylic acids is 5. The first-order valence-corrected chi connectivity index (χ1v) is 50.8. The summed E-state index contributed by atoms with van der Waals surface area (Å²) in [5, 5.41) is 11.0. The molecule has 0 aliphatic carbocycles. The van der Waals surface area contributed by atoms with Gasteiger partial charge in [-0.3, -0.25) is 24.4 Å². The number of amides is 5. The van der Waals surface area contributed by atoms with Gasteiger partial charge in [0, 0.05) is 142 Å². The van der Waals surface area contributed by atoms with E-state index < -0.39 is 24.3 Å². The van der Waals surface area contributed by atoms with Gasteiger partial charge in [0.15, 0.2) is 5.76 Å². The largest absolute Gasteiger partial charge is 0.497 e. The van der Waals surface area contributed by atoms with Crippen LogP contribution in [0.25, 0.3) is 43.6 Å². The predicted octanol–water partition coefficient (Wildman–Crippen LogP) is 27.9. The predicted molar refractivity (Wildman–Crippen MR) is 575 cm³/mol. The minimum atomic E-state index is -0.477. The summed E-state index contributed by atoms with van der Waals surface area (Å²) in [4.78, 5) is 89.7. The number of hydrogen-bond donors (Lipinski definition) is 5. The van der Waals surface area contributed by atoms with E-state index in [4.69, 9.17) is 117 Å². The minimum Gasteiger partial charge on any atom is -0.497 e. The van der Waals surface area contributed by atoms with Gasteiger partial charge >= 0.3 is 24.4 Å². The second kappa shape index (κ2) is 46.7. The molecule has 0 bridgehead atoms. The summed E-state index contributed by atoms with van der Waals surface area (Å²) in [7, 11) is 3.24.